The van der Waals surface area contributed by atoms with E-state index in [1.54, 1.807) is 0 Å². The van der Waals surface area contributed by atoms with E-state index in [-0.39, 0.29) is 6.10 Å². The summed E-state index contributed by atoms with van der Waals surface area (Å²) in [5.74, 6) is 2.16. The summed E-state index contributed by atoms with van der Waals surface area (Å²) in [6.45, 7) is 3.78. The van der Waals surface area contributed by atoms with Crippen LogP contribution in [0.2, 0.25) is 5.02 Å². The number of aryl methyl sites for hydroxylation is 1. The molecule has 1 fully saturated rings. The second kappa shape index (κ2) is 7.53. The third-order valence-corrected chi connectivity index (χ3v) is 5.92. The lowest BCUT2D eigenvalue weighted by Crippen LogP contribution is -2.40. The molecular formula is C21H26ClN3O. The second-order valence-corrected chi connectivity index (χ2v) is 8.04. The summed E-state index contributed by atoms with van der Waals surface area (Å²) in [4.78, 5) is 12.3. The first-order valence-corrected chi connectivity index (χ1v) is 10.1. The first-order chi connectivity index (χ1) is 12.6. The zero-order chi connectivity index (χ0) is 18.1. The van der Waals surface area contributed by atoms with Crippen molar-refractivity contribution in [2.24, 2.45) is 5.92 Å². The number of halogens is 1. The molecule has 2 atom stereocenters. The summed E-state index contributed by atoms with van der Waals surface area (Å²) in [7, 11) is 0. The number of aliphatic hydroxyl groups excluding tert-OH is 1. The first kappa shape index (κ1) is 17.7. The number of piperidine rings is 1. The number of aromatic nitrogens is 2. The van der Waals surface area contributed by atoms with E-state index in [1.807, 2.05) is 31.2 Å². The van der Waals surface area contributed by atoms with Crippen molar-refractivity contribution in [2.75, 3.05) is 18.0 Å². The molecule has 2 heterocycles. The van der Waals surface area contributed by atoms with E-state index < -0.39 is 0 Å². The highest BCUT2D eigenvalue weighted by Gasteiger charge is 2.28. The monoisotopic (exact) mass is 371 g/mol. The Morgan fingerprint density at radius 2 is 2.04 bits per heavy atom. The molecular weight excluding hydrogens is 346 g/mol. The van der Waals surface area contributed by atoms with E-state index in [9.17, 15) is 5.11 Å². The van der Waals surface area contributed by atoms with Crippen LogP contribution in [0.1, 0.15) is 43.9 Å². The molecule has 2 aliphatic rings. The van der Waals surface area contributed by atoms with Crippen LogP contribution in [0.15, 0.2) is 24.3 Å². The number of aliphatic hydroxyl groups is 1. The molecule has 2 aromatic rings. The number of hydrogen-bond donors (Lipinski definition) is 1. The van der Waals surface area contributed by atoms with Crippen molar-refractivity contribution >= 4 is 17.4 Å². The van der Waals surface area contributed by atoms with Crippen LogP contribution in [0.4, 0.5) is 5.82 Å². The van der Waals surface area contributed by atoms with Gasteiger partial charge in [-0.2, -0.15) is 0 Å². The smallest absolute Gasteiger partial charge is 0.161 e. The second-order valence-electron chi connectivity index (χ2n) is 7.60. The van der Waals surface area contributed by atoms with Gasteiger partial charge in [0.2, 0.25) is 0 Å². The highest BCUT2D eigenvalue weighted by atomic mass is 35.5. The van der Waals surface area contributed by atoms with Crippen molar-refractivity contribution in [3.8, 4) is 11.4 Å². The molecule has 0 spiro atoms. The van der Waals surface area contributed by atoms with Crippen LogP contribution in [0.5, 0.6) is 0 Å². The lowest BCUT2D eigenvalue weighted by atomic mass is 9.91. The van der Waals surface area contributed by atoms with Crippen molar-refractivity contribution in [3.05, 3.63) is 40.5 Å². The molecule has 4 rings (SSSR count). The Labute approximate surface area is 160 Å². The molecule has 1 aromatic carbocycles. The zero-order valence-corrected chi connectivity index (χ0v) is 16.0. The molecule has 5 heteroatoms. The fraction of sp³-hybridized carbons (Fsp3) is 0.524. The van der Waals surface area contributed by atoms with Gasteiger partial charge < -0.3 is 10.0 Å². The van der Waals surface area contributed by atoms with E-state index in [2.05, 4.69) is 4.90 Å². The van der Waals surface area contributed by atoms with Gasteiger partial charge in [-0.15, -0.1) is 0 Å². The van der Waals surface area contributed by atoms with E-state index in [4.69, 9.17) is 21.6 Å². The molecule has 1 N–H and O–H groups in total. The quantitative estimate of drug-likeness (QED) is 0.875. The summed E-state index contributed by atoms with van der Waals surface area (Å²) in [6.07, 6.45) is 6.37. The third kappa shape index (κ3) is 3.58. The van der Waals surface area contributed by atoms with Gasteiger partial charge in [-0.3, -0.25) is 0 Å². The molecule has 0 bridgehead atoms. The fourth-order valence-corrected chi connectivity index (χ4v) is 4.38. The Morgan fingerprint density at radius 1 is 1.19 bits per heavy atom. The minimum absolute atomic E-state index is 0.275. The van der Waals surface area contributed by atoms with Crippen LogP contribution in [0.25, 0.3) is 11.4 Å². The van der Waals surface area contributed by atoms with Crippen molar-refractivity contribution in [1.82, 2.24) is 9.97 Å². The van der Waals surface area contributed by atoms with Gasteiger partial charge in [-0.1, -0.05) is 23.7 Å². The largest absolute Gasteiger partial charge is 0.393 e. The Bertz CT molecular complexity index is 793. The molecule has 4 nitrogen and oxygen atoms in total. The van der Waals surface area contributed by atoms with Gasteiger partial charge in [0.05, 0.1) is 6.10 Å². The average molecular weight is 372 g/mol. The van der Waals surface area contributed by atoms with Gasteiger partial charge in [-0.25, -0.2) is 9.97 Å². The molecule has 1 aliphatic carbocycles. The minimum Gasteiger partial charge on any atom is -0.393 e. The maximum absolute atomic E-state index is 10.1. The topological polar surface area (TPSA) is 49.2 Å². The molecule has 138 valence electrons. The highest BCUT2D eigenvalue weighted by molar-refractivity contribution is 6.30. The summed E-state index contributed by atoms with van der Waals surface area (Å²) in [5.41, 5.74) is 3.47. The van der Waals surface area contributed by atoms with Crippen molar-refractivity contribution in [3.63, 3.8) is 0 Å². The van der Waals surface area contributed by atoms with Gasteiger partial charge >= 0.3 is 0 Å². The van der Waals surface area contributed by atoms with E-state index in [0.717, 1.165) is 56.0 Å². The molecule has 1 aliphatic heterocycles. The van der Waals surface area contributed by atoms with Gasteiger partial charge in [-0.05, 0) is 57.6 Å². The van der Waals surface area contributed by atoms with Gasteiger partial charge in [0.25, 0.3) is 0 Å². The third-order valence-electron chi connectivity index (χ3n) is 5.68. The van der Waals surface area contributed by atoms with Crippen molar-refractivity contribution in [1.29, 1.82) is 0 Å². The maximum atomic E-state index is 10.1. The Morgan fingerprint density at radius 3 is 2.85 bits per heavy atom. The number of nitrogens with zero attached hydrogens (tertiary/aromatic N) is 3. The number of benzene rings is 1. The SMILES string of the molecule is CC(O)C1CCCN(c2nc(-c3cccc(Cl)c3)nc3c2CCCC3)C1. The number of rotatable bonds is 3. The lowest BCUT2D eigenvalue weighted by Gasteiger charge is -2.36. The van der Waals surface area contributed by atoms with Gasteiger partial charge in [0.15, 0.2) is 5.82 Å². The Balaban J connectivity index is 1.76. The first-order valence-electron chi connectivity index (χ1n) is 9.70. The normalized spacial score (nSPS) is 21.3. The van der Waals surface area contributed by atoms with Crippen LogP contribution in [-0.4, -0.2) is 34.3 Å². The molecule has 1 aromatic heterocycles. The van der Waals surface area contributed by atoms with E-state index in [0.29, 0.717) is 10.9 Å². The molecule has 26 heavy (non-hydrogen) atoms. The summed E-state index contributed by atoms with van der Waals surface area (Å²) in [6, 6.07) is 7.78. The maximum Gasteiger partial charge on any atom is 0.161 e. The van der Waals surface area contributed by atoms with Crippen LogP contribution in [0, 0.1) is 5.92 Å². The molecule has 0 radical (unpaired) electrons. The molecule has 1 saturated heterocycles. The summed E-state index contributed by atoms with van der Waals surface area (Å²) in [5, 5.41) is 10.8. The van der Waals surface area contributed by atoms with Gasteiger partial charge in [0, 0.05) is 40.9 Å². The van der Waals surface area contributed by atoms with Crippen LogP contribution in [-0.2, 0) is 12.8 Å². The van der Waals surface area contributed by atoms with Crippen molar-refractivity contribution < 1.29 is 5.11 Å². The predicted octanol–water partition coefficient (Wildman–Crippen LogP) is 4.27. The van der Waals surface area contributed by atoms with Crippen LogP contribution >= 0.6 is 11.6 Å². The van der Waals surface area contributed by atoms with Gasteiger partial charge in [0.1, 0.15) is 5.82 Å². The standard InChI is InChI=1S/C21H26ClN3O/c1-14(26)16-7-5-11-25(13-16)21-18-9-2-3-10-19(18)23-20(24-21)15-6-4-8-17(22)12-15/h4,6,8,12,14,16,26H,2-3,5,7,9-11,13H2,1H3. The Kier molecular flexibility index (Phi) is 5.14. The molecule has 0 amide bonds. The van der Waals surface area contributed by atoms with Crippen LogP contribution in [0.3, 0.4) is 0 Å². The zero-order valence-electron chi connectivity index (χ0n) is 15.3. The Hall–Kier alpha value is -1.65. The highest BCUT2D eigenvalue weighted by Crippen LogP contribution is 2.33. The van der Waals surface area contributed by atoms with Crippen LogP contribution < -0.4 is 4.90 Å². The number of hydrogen-bond acceptors (Lipinski definition) is 4. The average Bonchev–Trinajstić information content (AvgIpc) is 2.67. The van der Waals surface area contributed by atoms with E-state index >= 15 is 0 Å². The fourth-order valence-electron chi connectivity index (χ4n) is 4.19. The molecule has 0 saturated carbocycles. The number of fused-ring (bicyclic) bond motifs is 1. The summed E-state index contributed by atoms with van der Waals surface area (Å²) >= 11 is 6.19. The minimum atomic E-state index is -0.275. The predicted molar refractivity (Wildman–Crippen MR) is 106 cm³/mol. The lowest BCUT2D eigenvalue weighted by molar-refractivity contribution is 0.115. The number of anilines is 1. The summed E-state index contributed by atoms with van der Waals surface area (Å²) < 4.78 is 0. The van der Waals surface area contributed by atoms with E-state index in [1.165, 1.54) is 24.1 Å². The van der Waals surface area contributed by atoms with Crippen molar-refractivity contribution in [2.45, 2.75) is 51.6 Å². The molecule has 2 unspecified atom stereocenters.